The average molecular weight is 351 g/mol. The Balaban J connectivity index is 2.11. The number of amides is 2. The summed E-state index contributed by atoms with van der Waals surface area (Å²) in [6, 6.07) is 5.30. The van der Waals surface area contributed by atoms with E-state index in [1.54, 1.807) is 32.3 Å². The molecule has 24 heavy (non-hydrogen) atoms. The Hall–Kier alpha value is -1.73. The van der Waals surface area contributed by atoms with Crippen molar-refractivity contribution in [1.82, 2.24) is 10.2 Å². The van der Waals surface area contributed by atoms with Gasteiger partial charge in [0.2, 0.25) is 5.91 Å². The third-order valence-electron chi connectivity index (χ3n) is 3.64. The molecule has 0 spiro atoms. The highest BCUT2D eigenvalue weighted by Gasteiger charge is 2.19. The van der Waals surface area contributed by atoms with Crippen molar-refractivity contribution >= 4 is 29.3 Å². The van der Waals surface area contributed by atoms with E-state index in [-0.39, 0.29) is 17.9 Å². The molecule has 0 aromatic heterocycles. The highest BCUT2D eigenvalue weighted by atomic mass is 32.2. The average Bonchev–Trinajstić information content (AvgIpc) is 2.56. The Labute approximate surface area is 147 Å². The minimum absolute atomic E-state index is 0.0783. The third kappa shape index (κ3) is 5.14. The van der Waals surface area contributed by atoms with Crippen LogP contribution in [0.4, 0.5) is 5.69 Å². The molecule has 1 saturated heterocycles. The van der Waals surface area contributed by atoms with Gasteiger partial charge in [0.1, 0.15) is 5.75 Å². The molecule has 1 aromatic rings. The van der Waals surface area contributed by atoms with Crippen LogP contribution in [0.1, 0.15) is 23.7 Å². The fourth-order valence-corrected chi connectivity index (χ4v) is 3.43. The number of anilines is 1. The maximum absolute atomic E-state index is 12.3. The minimum atomic E-state index is -0.112. The molecule has 1 aliphatic heterocycles. The zero-order valence-corrected chi connectivity index (χ0v) is 15.2. The zero-order chi connectivity index (χ0) is 17.5. The van der Waals surface area contributed by atoms with Crippen LogP contribution in [0.15, 0.2) is 18.2 Å². The van der Waals surface area contributed by atoms with Crippen LogP contribution < -0.4 is 15.4 Å². The Bertz CT molecular complexity index is 586. The van der Waals surface area contributed by atoms with Crippen molar-refractivity contribution in [1.29, 1.82) is 0 Å². The lowest BCUT2D eigenvalue weighted by Crippen LogP contribution is -2.39. The predicted octanol–water partition coefficient (Wildman–Crippen LogP) is 1.82. The number of thioether (sulfide) groups is 1. The van der Waals surface area contributed by atoms with Gasteiger partial charge in [0.15, 0.2) is 0 Å². The van der Waals surface area contributed by atoms with E-state index in [9.17, 15) is 9.59 Å². The topological polar surface area (TPSA) is 70.7 Å². The SMILES string of the molecule is CCOc1ccc(C(=O)N(C)C)cc1NC(=O)CC1CSCCN1. The summed E-state index contributed by atoms with van der Waals surface area (Å²) >= 11 is 1.85. The number of carbonyl (C=O) groups is 2. The first kappa shape index (κ1) is 18.6. The second-order valence-corrected chi connectivity index (χ2v) is 6.97. The molecule has 1 heterocycles. The van der Waals surface area contributed by atoms with Crippen LogP contribution in [-0.2, 0) is 4.79 Å². The summed E-state index contributed by atoms with van der Waals surface area (Å²) in [5.41, 5.74) is 1.06. The number of hydrogen-bond acceptors (Lipinski definition) is 5. The number of rotatable bonds is 6. The lowest BCUT2D eigenvalue weighted by atomic mass is 10.1. The minimum Gasteiger partial charge on any atom is -0.492 e. The molecule has 0 aliphatic carbocycles. The molecule has 7 heteroatoms. The van der Waals surface area contributed by atoms with Crippen molar-refractivity contribution < 1.29 is 14.3 Å². The molecule has 1 aliphatic rings. The van der Waals surface area contributed by atoms with Crippen LogP contribution in [0.2, 0.25) is 0 Å². The van der Waals surface area contributed by atoms with E-state index in [2.05, 4.69) is 10.6 Å². The fourth-order valence-electron chi connectivity index (χ4n) is 2.48. The van der Waals surface area contributed by atoms with Crippen LogP contribution >= 0.6 is 11.8 Å². The fraction of sp³-hybridized carbons (Fsp3) is 0.529. The van der Waals surface area contributed by atoms with Gasteiger partial charge in [0, 0.05) is 50.2 Å². The molecule has 1 unspecified atom stereocenters. The van der Waals surface area contributed by atoms with Crippen molar-refractivity contribution in [2.45, 2.75) is 19.4 Å². The normalized spacial score (nSPS) is 17.2. The molecular weight excluding hydrogens is 326 g/mol. The van der Waals surface area contributed by atoms with Crippen molar-refractivity contribution in [3.05, 3.63) is 23.8 Å². The van der Waals surface area contributed by atoms with E-state index in [1.165, 1.54) is 4.90 Å². The van der Waals surface area contributed by atoms with E-state index in [4.69, 9.17) is 4.74 Å². The van der Waals surface area contributed by atoms with E-state index in [0.717, 1.165) is 18.1 Å². The van der Waals surface area contributed by atoms with Gasteiger partial charge in [-0.15, -0.1) is 0 Å². The van der Waals surface area contributed by atoms with Gasteiger partial charge >= 0.3 is 0 Å². The molecular formula is C17H25N3O3S. The lowest BCUT2D eigenvalue weighted by Gasteiger charge is -2.23. The molecule has 1 fully saturated rings. The van der Waals surface area contributed by atoms with Gasteiger partial charge in [-0.25, -0.2) is 0 Å². The number of nitrogens with zero attached hydrogens (tertiary/aromatic N) is 1. The van der Waals surface area contributed by atoms with Gasteiger partial charge in [-0.05, 0) is 25.1 Å². The highest BCUT2D eigenvalue weighted by molar-refractivity contribution is 7.99. The summed E-state index contributed by atoms with van der Waals surface area (Å²) in [5.74, 6) is 2.41. The molecule has 2 rings (SSSR count). The molecule has 0 saturated carbocycles. The second-order valence-electron chi connectivity index (χ2n) is 5.82. The highest BCUT2D eigenvalue weighted by Crippen LogP contribution is 2.27. The molecule has 6 nitrogen and oxygen atoms in total. The molecule has 1 atom stereocenters. The first-order valence-electron chi connectivity index (χ1n) is 8.10. The molecule has 2 amide bonds. The summed E-state index contributed by atoms with van der Waals surface area (Å²) in [6.45, 7) is 3.30. The number of hydrogen-bond donors (Lipinski definition) is 2. The maximum atomic E-state index is 12.3. The van der Waals surface area contributed by atoms with Crippen molar-refractivity contribution in [2.75, 3.05) is 44.1 Å². The van der Waals surface area contributed by atoms with Crippen molar-refractivity contribution in [3.63, 3.8) is 0 Å². The van der Waals surface area contributed by atoms with Gasteiger partial charge in [-0.2, -0.15) is 11.8 Å². The lowest BCUT2D eigenvalue weighted by molar-refractivity contribution is -0.116. The van der Waals surface area contributed by atoms with E-state index in [0.29, 0.717) is 30.0 Å². The molecule has 0 radical (unpaired) electrons. The van der Waals surface area contributed by atoms with Gasteiger partial charge < -0.3 is 20.3 Å². The standard InChI is InChI=1S/C17H25N3O3S/c1-4-23-15-6-5-12(17(22)20(2)3)9-14(15)19-16(21)10-13-11-24-8-7-18-13/h5-6,9,13,18H,4,7-8,10-11H2,1-3H3,(H,19,21). The summed E-state index contributed by atoms with van der Waals surface area (Å²) in [5, 5.41) is 6.24. The summed E-state index contributed by atoms with van der Waals surface area (Å²) in [7, 11) is 3.40. The monoisotopic (exact) mass is 351 g/mol. The molecule has 2 N–H and O–H groups in total. The largest absolute Gasteiger partial charge is 0.492 e. The van der Waals surface area contributed by atoms with Crippen LogP contribution in [0.5, 0.6) is 5.75 Å². The van der Waals surface area contributed by atoms with Crippen molar-refractivity contribution in [2.24, 2.45) is 0 Å². The Kier molecular flexibility index (Phi) is 6.93. The van der Waals surface area contributed by atoms with E-state index in [1.807, 2.05) is 18.7 Å². The molecule has 0 bridgehead atoms. The Morgan fingerprint density at radius 1 is 1.42 bits per heavy atom. The Morgan fingerprint density at radius 2 is 2.21 bits per heavy atom. The summed E-state index contributed by atoms with van der Waals surface area (Å²) in [6.07, 6.45) is 0.407. The maximum Gasteiger partial charge on any atom is 0.253 e. The van der Waals surface area contributed by atoms with Crippen LogP contribution in [0, 0.1) is 0 Å². The number of nitrogens with one attached hydrogen (secondary N) is 2. The van der Waals surface area contributed by atoms with E-state index < -0.39 is 0 Å². The van der Waals surface area contributed by atoms with Gasteiger partial charge in [-0.3, -0.25) is 9.59 Å². The van der Waals surface area contributed by atoms with Gasteiger partial charge in [0.05, 0.1) is 12.3 Å². The summed E-state index contributed by atoms with van der Waals surface area (Å²) < 4.78 is 5.56. The number of carbonyl (C=O) groups excluding carboxylic acids is 2. The molecule has 132 valence electrons. The number of benzene rings is 1. The van der Waals surface area contributed by atoms with Gasteiger partial charge in [-0.1, -0.05) is 0 Å². The third-order valence-corrected chi connectivity index (χ3v) is 4.77. The second kappa shape index (κ2) is 8.94. The zero-order valence-electron chi connectivity index (χ0n) is 14.4. The van der Waals surface area contributed by atoms with Crippen LogP contribution in [0.25, 0.3) is 0 Å². The van der Waals surface area contributed by atoms with Crippen LogP contribution in [0.3, 0.4) is 0 Å². The summed E-state index contributed by atoms with van der Waals surface area (Å²) in [4.78, 5) is 26.0. The smallest absolute Gasteiger partial charge is 0.253 e. The van der Waals surface area contributed by atoms with Gasteiger partial charge in [0.25, 0.3) is 5.91 Å². The van der Waals surface area contributed by atoms with Crippen molar-refractivity contribution in [3.8, 4) is 5.75 Å². The van der Waals surface area contributed by atoms with E-state index >= 15 is 0 Å². The quantitative estimate of drug-likeness (QED) is 0.818. The predicted molar refractivity (Wildman–Crippen MR) is 98.0 cm³/mol. The van der Waals surface area contributed by atoms with Crippen LogP contribution in [-0.4, -0.2) is 61.5 Å². The molecule has 1 aromatic carbocycles. The number of ether oxygens (including phenoxy) is 1. The Morgan fingerprint density at radius 3 is 2.83 bits per heavy atom. The first-order valence-corrected chi connectivity index (χ1v) is 9.26. The first-order chi connectivity index (χ1) is 11.5.